The van der Waals surface area contributed by atoms with Crippen molar-refractivity contribution in [3.8, 4) is 11.4 Å². The largest absolute Gasteiger partial charge is 0.494 e. The molecule has 33 heavy (non-hydrogen) atoms. The quantitative estimate of drug-likeness (QED) is 0.648. The molecule has 4 heterocycles. The summed E-state index contributed by atoms with van der Waals surface area (Å²) < 4.78 is 26.5. The van der Waals surface area contributed by atoms with Crippen LogP contribution in [0.3, 0.4) is 0 Å². The highest BCUT2D eigenvalue weighted by atomic mass is 19.1. The molecule has 0 saturated carbocycles. The van der Waals surface area contributed by atoms with Gasteiger partial charge in [0, 0.05) is 30.6 Å². The van der Waals surface area contributed by atoms with Crippen molar-refractivity contribution in [1.29, 1.82) is 0 Å². The molecule has 1 amide bonds. The van der Waals surface area contributed by atoms with Gasteiger partial charge in [0.2, 0.25) is 0 Å². The second-order valence-electron chi connectivity index (χ2n) is 9.53. The number of piperazine rings is 1. The van der Waals surface area contributed by atoms with Gasteiger partial charge in [-0.2, -0.15) is 0 Å². The summed E-state index contributed by atoms with van der Waals surface area (Å²) in [7, 11) is 1.42. The van der Waals surface area contributed by atoms with Crippen molar-refractivity contribution in [1.82, 2.24) is 19.7 Å². The zero-order valence-corrected chi connectivity index (χ0v) is 19.1. The maximum atomic E-state index is 14.2. The van der Waals surface area contributed by atoms with Gasteiger partial charge in [-0.25, -0.2) is 13.9 Å². The number of benzene rings is 1. The fourth-order valence-electron chi connectivity index (χ4n) is 4.71. The van der Waals surface area contributed by atoms with Crippen LogP contribution in [0, 0.1) is 5.82 Å². The molecule has 1 aromatic carbocycles. The molecular formula is C23H27FN6O3. The summed E-state index contributed by atoms with van der Waals surface area (Å²) in [5.74, 6) is -0.150. The van der Waals surface area contributed by atoms with Gasteiger partial charge >= 0.3 is 6.09 Å². The van der Waals surface area contributed by atoms with E-state index in [1.165, 1.54) is 13.2 Å². The molecule has 0 unspecified atom stereocenters. The Kier molecular flexibility index (Phi) is 4.84. The number of likely N-dealkylation sites (tertiary alicyclic amines) is 1. The standard InChI is InChI=1S/C23H27FN6O3/c1-23(2,3)33-22(31)29-12-15-6-16(29)11-28(15)13-5-14(10-26-9-13)30-19-8-20(32-4)18(24)7-17(19)21(25)27-30/h5,7-10,15-16H,6,11-12H2,1-4H3,(H2,25,27)/t15-,16-/m0/s1. The van der Waals surface area contributed by atoms with Crippen LogP contribution in [0.5, 0.6) is 5.75 Å². The number of ether oxygens (including phenoxy) is 2. The minimum absolute atomic E-state index is 0.0990. The van der Waals surface area contributed by atoms with E-state index in [0.29, 0.717) is 29.7 Å². The second-order valence-corrected chi connectivity index (χ2v) is 9.53. The minimum Gasteiger partial charge on any atom is -0.494 e. The van der Waals surface area contributed by atoms with Gasteiger partial charge in [-0.05, 0) is 39.3 Å². The number of fused-ring (bicyclic) bond motifs is 3. The van der Waals surface area contributed by atoms with Crippen LogP contribution in [0.2, 0.25) is 0 Å². The lowest BCUT2D eigenvalue weighted by Crippen LogP contribution is -2.50. The fraction of sp³-hybridized carbons (Fsp3) is 0.435. The van der Waals surface area contributed by atoms with Crippen molar-refractivity contribution in [2.75, 3.05) is 30.8 Å². The second kappa shape index (κ2) is 7.50. The van der Waals surface area contributed by atoms with E-state index in [-0.39, 0.29) is 29.7 Å². The molecular weight excluding hydrogens is 427 g/mol. The van der Waals surface area contributed by atoms with E-state index in [1.807, 2.05) is 31.7 Å². The molecule has 2 saturated heterocycles. The molecule has 0 aliphatic carbocycles. The molecule has 0 spiro atoms. The summed E-state index contributed by atoms with van der Waals surface area (Å²) in [6.07, 6.45) is 4.11. The Bertz CT molecular complexity index is 1240. The first-order valence-corrected chi connectivity index (χ1v) is 10.9. The number of methoxy groups -OCH3 is 1. The van der Waals surface area contributed by atoms with Crippen LogP contribution in [0.4, 0.5) is 20.7 Å². The number of nitrogens with two attached hydrogens (primary N) is 1. The summed E-state index contributed by atoms with van der Waals surface area (Å²) in [5.41, 5.74) is 7.80. The first-order valence-electron chi connectivity index (χ1n) is 10.9. The maximum Gasteiger partial charge on any atom is 0.410 e. The summed E-state index contributed by atoms with van der Waals surface area (Å²) in [5, 5.41) is 4.91. The number of hydrogen-bond acceptors (Lipinski definition) is 7. The summed E-state index contributed by atoms with van der Waals surface area (Å²) in [6, 6.07) is 5.18. The lowest BCUT2D eigenvalue weighted by atomic mass is 10.2. The van der Waals surface area contributed by atoms with E-state index >= 15 is 0 Å². The Morgan fingerprint density at radius 1 is 1.15 bits per heavy atom. The molecule has 2 aromatic heterocycles. The third-order valence-electron chi connectivity index (χ3n) is 6.14. The van der Waals surface area contributed by atoms with E-state index < -0.39 is 11.4 Å². The average molecular weight is 455 g/mol. The molecule has 9 nitrogen and oxygen atoms in total. The minimum atomic E-state index is -0.517. The Morgan fingerprint density at radius 2 is 1.91 bits per heavy atom. The third-order valence-corrected chi connectivity index (χ3v) is 6.14. The molecule has 2 N–H and O–H groups in total. The monoisotopic (exact) mass is 454 g/mol. The molecule has 2 bridgehead atoms. The van der Waals surface area contributed by atoms with Gasteiger partial charge in [-0.3, -0.25) is 4.98 Å². The number of carbonyl (C=O) groups excluding carboxylic acids is 1. The number of rotatable bonds is 3. The first-order chi connectivity index (χ1) is 15.6. The van der Waals surface area contributed by atoms with Crippen molar-refractivity contribution in [2.24, 2.45) is 0 Å². The number of pyridine rings is 1. The topological polar surface area (TPSA) is 98.7 Å². The van der Waals surface area contributed by atoms with Gasteiger partial charge in [0.05, 0.1) is 42.4 Å². The zero-order valence-electron chi connectivity index (χ0n) is 19.1. The molecule has 2 aliphatic rings. The van der Waals surface area contributed by atoms with Crippen LogP contribution >= 0.6 is 0 Å². The van der Waals surface area contributed by atoms with Gasteiger partial charge in [0.15, 0.2) is 17.4 Å². The average Bonchev–Trinajstić information content (AvgIpc) is 3.45. The number of carbonyl (C=O) groups is 1. The van der Waals surface area contributed by atoms with Gasteiger partial charge in [-0.1, -0.05) is 0 Å². The van der Waals surface area contributed by atoms with Gasteiger partial charge in [-0.15, -0.1) is 5.10 Å². The van der Waals surface area contributed by atoms with Gasteiger partial charge in [0.25, 0.3) is 0 Å². The smallest absolute Gasteiger partial charge is 0.410 e. The predicted octanol–water partition coefficient (Wildman–Crippen LogP) is 3.35. The van der Waals surface area contributed by atoms with E-state index in [2.05, 4.69) is 15.0 Å². The van der Waals surface area contributed by atoms with Crippen molar-refractivity contribution < 1.29 is 18.7 Å². The van der Waals surface area contributed by atoms with Crippen LogP contribution in [-0.4, -0.2) is 63.6 Å². The number of halogens is 1. The molecule has 2 aliphatic heterocycles. The summed E-state index contributed by atoms with van der Waals surface area (Å²) >= 11 is 0. The molecule has 0 radical (unpaired) electrons. The van der Waals surface area contributed by atoms with E-state index in [1.54, 1.807) is 23.1 Å². The maximum absolute atomic E-state index is 14.2. The lowest BCUT2D eigenvalue weighted by Gasteiger charge is -2.36. The number of nitrogens with zero attached hydrogens (tertiary/aromatic N) is 5. The van der Waals surface area contributed by atoms with Crippen molar-refractivity contribution in [3.05, 3.63) is 36.4 Å². The zero-order chi connectivity index (χ0) is 23.5. The van der Waals surface area contributed by atoms with Crippen LogP contribution in [-0.2, 0) is 4.74 Å². The van der Waals surface area contributed by atoms with Gasteiger partial charge < -0.3 is 25.0 Å². The molecule has 174 valence electrons. The number of amides is 1. The SMILES string of the molecule is COc1cc2c(cc1F)c(N)nn2-c1cncc(N2C[C@@H]3C[C@H]2CN3C(=O)OC(C)(C)C)c1. The van der Waals surface area contributed by atoms with E-state index in [0.717, 1.165) is 12.1 Å². The van der Waals surface area contributed by atoms with Crippen LogP contribution in [0.1, 0.15) is 27.2 Å². The number of aromatic nitrogens is 3. The third kappa shape index (κ3) is 3.69. The number of hydrogen-bond donors (Lipinski definition) is 1. The predicted molar refractivity (Wildman–Crippen MR) is 122 cm³/mol. The highest BCUT2D eigenvalue weighted by molar-refractivity contribution is 5.91. The van der Waals surface area contributed by atoms with E-state index in [9.17, 15) is 9.18 Å². The van der Waals surface area contributed by atoms with Crippen LogP contribution in [0.25, 0.3) is 16.6 Å². The highest BCUT2D eigenvalue weighted by Gasteiger charge is 2.46. The number of nitrogen functional groups attached to an aromatic ring is 1. The Balaban J connectivity index is 1.41. The molecule has 3 aromatic rings. The first kappa shape index (κ1) is 21.3. The molecule has 2 atom stereocenters. The van der Waals surface area contributed by atoms with Crippen molar-refractivity contribution in [2.45, 2.75) is 44.9 Å². The lowest BCUT2D eigenvalue weighted by molar-refractivity contribution is 0.0214. The van der Waals surface area contributed by atoms with Crippen molar-refractivity contribution >= 4 is 28.5 Å². The molecule has 5 rings (SSSR count). The molecule has 10 heteroatoms. The highest BCUT2D eigenvalue weighted by Crippen LogP contribution is 2.36. The van der Waals surface area contributed by atoms with Crippen LogP contribution < -0.4 is 15.4 Å². The number of anilines is 2. The fourth-order valence-corrected chi connectivity index (χ4v) is 4.71. The van der Waals surface area contributed by atoms with E-state index in [4.69, 9.17) is 15.2 Å². The Hall–Kier alpha value is -3.56. The Morgan fingerprint density at radius 3 is 2.58 bits per heavy atom. The normalized spacial score (nSPS) is 20.0. The molecule has 2 fully saturated rings. The van der Waals surface area contributed by atoms with Crippen molar-refractivity contribution in [3.63, 3.8) is 0 Å². The summed E-state index contributed by atoms with van der Waals surface area (Å²) in [4.78, 5) is 21.0. The Labute approximate surface area is 190 Å². The summed E-state index contributed by atoms with van der Waals surface area (Å²) in [6.45, 7) is 6.93. The van der Waals surface area contributed by atoms with Crippen LogP contribution in [0.15, 0.2) is 30.6 Å². The van der Waals surface area contributed by atoms with Gasteiger partial charge in [0.1, 0.15) is 5.60 Å².